The summed E-state index contributed by atoms with van der Waals surface area (Å²) in [4.78, 5) is 36.5. The summed E-state index contributed by atoms with van der Waals surface area (Å²) in [5.41, 5.74) is 0.247. The van der Waals surface area contributed by atoms with Crippen molar-refractivity contribution in [3.05, 3.63) is 70.8 Å². The normalized spacial score (nSPS) is 11.0. The maximum absolute atomic E-state index is 12.8. The number of carbonyl (C=O) groups excluding carboxylic acids is 3. The van der Waals surface area contributed by atoms with Gasteiger partial charge in [-0.25, -0.2) is 0 Å². The van der Waals surface area contributed by atoms with Crippen LogP contribution in [0.5, 0.6) is 0 Å². The number of halogens is 3. The molecule has 0 saturated carbocycles. The van der Waals surface area contributed by atoms with E-state index >= 15 is 0 Å². The first-order valence-corrected chi connectivity index (χ1v) is 8.41. The number of amides is 1. The second-order valence-corrected chi connectivity index (χ2v) is 5.90. The van der Waals surface area contributed by atoms with Crippen molar-refractivity contribution in [2.45, 2.75) is 19.6 Å². The fourth-order valence-electron chi connectivity index (χ4n) is 2.47. The van der Waals surface area contributed by atoms with Crippen LogP contribution in [0.1, 0.15) is 38.8 Å². The molecule has 0 atom stereocenters. The summed E-state index contributed by atoms with van der Waals surface area (Å²) in [5, 5.41) is 0. The van der Waals surface area contributed by atoms with Gasteiger partial charge >= 0.3 is 12.1 Å². The second-order valence-electron chi connectivity index (χ2n) is 5.90. The molecule has 0 saturated heterocycles. The molecular weight excluding hydrogens is 375 g/mol. The number of rotatable bonds is 7. The number of carbonyl (C=O) groups is 3. The largest absolute Gasteiger partial charge is 0.465 e. The molecule has 8 heteroatoms. The molecule has 0 N–H and O–H groups in total. The fourth-order valence-corrected chi connectivity index (χ4v) is 2.47. The summed E-state index contributed by atoms with van der Waals surface area (Å²) >= 11 is 0. The van der Waals surface area contributed by atoms with Crippen LogP contribution in [0, 0.1) is 0 Å². The molecule has 0 aromatic heterocycles. The number of hydrogen-bond acceptors (Lipinski definition) is 4. The van der Waals surface area contributed by atoms with E-state index in [9.17, 15) is 27.6 Å². The Morgan fingerprint density at radius 1 is 1.04 bits per heavy atom. The SMILES string of the molecule is CCOC(=O)CN(Cc1ccc(C(F)(F)F)cc1)C(=O)c1ccc(C=O)cc1. The highest BCUT2D eigenvalue weighted by molar-refractivity contribution is 5.96. The Hall–Kier alpha value is -3.16. The van der Waals surface area contributed by atoms with Crippen molar-refractivity contribution in [3.8, 4) is 0 Å². The number of benzene rings is 2. The molecule has 0 bridgehead atoms. The maximum Gasteiger partial charge on any atom is 0.416 e. The molecule has 0 radical (unpaired) electrons. The Morgan fingerprint density at radius 3 is 2.14 bits per heavy atom. The highest BCUT2D eigenvalue weighted by Crippen LogP contribution is 2.29. The molecule has 0 aliphatic heterocycles. The number of aldehydes is 1. The number of ether oxygens (including phenoxy) is 1. The van der Waals surface area contributed by atoms with Gasteiger partial charge in [-0.15, -0.1) is 0 Å². The van der Waals surface area contributed by atoms with Crippen molar-refractivity contribution in [2.75, 3.05) is 13.2 Å². The van der Waals surface area contributed by atoms with E-state index in [-0.39, 0.29) is 25.3 Å². The lowest BCUT2D eigenvalue weighted by Crippen LogP contribution is -2.36. The van der Waals surface area contributed by atoms with E-state index in [1.165, 1.54) is 41.3 Å². The lowest BCUT2D eigenvalue weighted by Gasteiger charge is -2.22. The smallest absolute Gasteiger partial charge is 0.416 e. The monoisotopic (exact) mass is 393 g/mol. The van der Waals surface area contributed by atoms with Crippen molar-refractivity contribution in [1.82, 2.24) is 4.90 Å². The van der Waals surface area contributed by atoms with Gasteiger partial charge in [0.05, 0.1) is 12.2 Å². The van der Waals surface area contributed by atoms with Crippen molar-refractivity contribution >= 4 is 18.2 Å². The van der Waals surface area contributed by atoms with E-state index < -0.39 is 23.6 Å². The number of esters is 1. The Kier molecular flexibility index (Phi) is 6.92. The first-order chi connectivity index (χ1) is 13.2. The lowest BCUT2D eigenvalue weighted by molar-refractivity contribution is -0.144. The molecule has 0 unspecified atom stereocenters. The van der Waals surface area contributed by atoms with E-state index in [1.54, 1.807) is 6.92 Å². The summed E-state index contributed by atoms with van der Waals surface area (Å²) in [6, 6.07) is 10.1. The van der Waals surface area contributed by atoms with Crippen LogP contribution in [-0.4, -0.2) is 36.2 Å². The predicted molar refractivity (Wildman–Crippen MR) is 94.6 cm³/mol. The number of alkyl halides is 3. The van der Waals surface area contributed by atoms with Gasteiger partial charge in [-0.2, -0.15) is 13.2 Å². The van der Waals surface area contributed by atoms with Gasteiger partial charge in [0.2, 0.25) is 0 Å². The highest BCUT2D eigenvalue weighted by atomic mass is 19.4. The van der Waals surface area contributed by atoms with Crippen molar-refractivity contribution in [1.29, 1.82) is 0 Å². The Labute approximate surface area is 159 Å². The van der Waals surface area contributed by atoms with Crippen LogP contribution in [0.25, 0.3) is 0 Å². The van der Waals surface area contributed by atoms with Gasteiger partial charge in [-0.05, 0) is 36.8 Å². The quantitative estimate of drug-likeness (QED) is 0.531. The van der Waals surface area contributed by atoms with E-state index in [0.29, 0.717) is 17.4 Å². The van der Waals surface area contributed by atoms with Crippen LogP contribution in [0.2, 0.25) is 0 Å². The molecule has 0 fully saturated rings. The van der Waals surface area contributed by atoms with E-state index in [0.717, 1.165) is 12.1 Å². The van der Waals surface area contributed by atoms with Crippen molar-refractivity contribution in [2.24, 2.45) is 0 Å². The first kappa shape index (κ1) is 21.1. The highest BCUT2D eigenvalue weighted by Gasteiger charge is 2.30. The third-order valence-electron chi connectivity index (χ3n) is 3.86. The molecule has 2 rings (SSSR count). The number of hydrogen-bond donors (Lipinski definition) is 0. The Bertz CT molecular complexity index is 830. The summed E-state index contributed by atoms with van der Waals surface area (Å²) < 4.78 is 43.0. The Balaban J connectivity index is 2.23. The van der Waals surface area contributed by atoms with Gasteiger partial charge in [-0.1, -0.05) is 24.3 Å². The van der Waals surface area contributed by atoms with Gasteiger partial charge in [0.25, 0.3) is 5.91 Å². The van der Waals surface area contributed by atoms with Crippen LogP contribution in [0.4, 0.5) is 13.2 Å². The van der Waals surface area contributed by atoms with Gasteiger partial charge in [0.15, 0.2) is 0 Å². The molecule has 0 aliphatic carbocycles. The lowest BCUT2D eigenvalue weighted by atomic mass is 10.1. The van der Waals surface area contributed by atoms with Gasteiger partial charge < -0.3 is 9.64 Å². The van der Waals surface area contributed by atoms with Crippen LogP contribution in [-0.2, 0) is 22.3 Å². The Morgan fingerprint density at radius 2 is 1.64 bits per heavy atom. The minimum absolute atomic E-state index is 0.0782. The maximum atomic E-state index is 12.8. The van der Waals surface area contributed by atoms with Crippen LogP contribution >= 0.6 is 0 Å². The third-order valence-corrected chi connectivity index (χ3v) is 3.86. The van der Waals surface area contributed by atoms with Gasteiger partial charge in [0.1, 0.15) is 12.8 Å². The summed E-state index contributed by atoms with van der Waals surface area (Å²) in [5.74, 6) is -1.14. The summed E-state index contributed by atoms with van der Waals surface area (Å²) in [6.45, 7) is 1.32. The molecule has 2 aromatic rings. The topological polar surface area (TPSA) is 63.7 Å². The van der Waals surface area contributed by atoms with Gasteiger partial charge in [0, 0.05) is 17.7 Å². The van der Waals surface area contributed by atoms with Gasteiger partial charge in [-0.3, -0.25) is 14.4 Å². The minimum Gasteiger partial charge on any atom is -0.465 e. The molecule has 28 heavy (non-hydrogen) atoms. The van der Waals surface area contributed by atoms with Crippen molar-refractivity contribution in [3.63, 3.8) is 0 Å². The molecule has 0 spiro atoms. The molecule has 0 heterocycles. The van der Waals surface area contributed by atoms with Crippen molar-refractivity contribution < 1.29 is 32.3 Å². The number of nitrogens with zero attached hydrogens (tertiary/aromatic N) is 1. The zero-order chi connectivity index (χ0) is 20.7. The van der Waals surface area contributed by atoms with E-state index in [1.807, 2.05) is 0 Å². The van der Waals surface area contributed by atoms with Crippen LogP contribution in [0.3, 0.4) is 0 Å². The molecular formula is C20H18F3NO4. The van der Waals surface area contributed by atoms with Crippen LogP contribution in [0.15, 0.2) is 48.5 Å². The van der Waals surface area contributed by atoms with E-state index in [2.05, 4.69) is 0 Å². The first-order valence-electron chi connectivity index (χ1n) is 8.41. The van der Waals surface area contributed by atoms with Crippen LogP contribution < -0.4 is 0 Å². The molecule has 2 aromatic carbocycles. The average Bonchev–Trinajstić information content (AvgIpc) is 2.67. The third kappa shape index (κ3) is 5.67. The molecule has 1 amide bonds. The molecule has 148 valence electrons. The second kappa shape index (κ2) is 9.16. The fraction of sp³-hybridized carbons (Fsp3) is 0.250. The average molecular weight is 393 g/mol. The summed E-state index contributed by atoms with van der Waals surface area (Å²) in [6.07, 6.45) is -3.83. The standard InChI is InChI=1S/C20H18F3NO4/c1-2-28-18(26)12-24(19(27)16-7-3-15(13-25)4-8-16)11-14-5-9-17(10-6-14)20(21,22)23/h3-10,13H,2,11-12H2,1H3. The molecule has 5 nitrogen and oxygen atoms in total. The zero-order valence-electron chi connectivity index (χ0n) is 15.0. The minimum atomic E-state index is -4.46. The van der Waals surface area contributed by atoms with E-state index in [4.69, 9.17) is 4.74 Å². The summed E-state index contributed by atoms with van der Waals surface area (Å²) in [7, 11) is 0. The zero-order valence-corrected chi connectivity index (χ0v) is 15.0. The predicted octanol–water partition coefficient (Wildman–Crippen LogP) is 3.72. The molecule has 0 aliphatic rings.